The van der Waals surface area contributed by atoms with E-state index in [1.54, 1.807) is 11.1 Å². The van der Waals surface area contributed by atoms with Crippen LogP contribution in [0.3, 0.4) is 0 Å². The van der Waals surface area contributed by atoms with E-state index in [4.69, 9.17) is 9.73 Å². The first-order valence-corrected chi connectivity index (χ1v) is 13.0. The average Bonchev–Trinajstić information content (AvgIpc) is 3.21. The molecule has 2 saturated heterocycles. The van der Waals surface area contributed by atoms with E-state index in [1.165, 1.54) is 37.8 Å². The quantitative estimate of drug-likeness (QED) is 0.561. The van der Waals surface area contributed by atoms with E-state index in [0.717, 1.165) is 43.7 Å². The largest absolute Gasteiger partial charge is 0.361 e. The summed E-state index contributed by atoms with van der Waals surface area (Å²) in [5.74, 6) is 4.27. The van der Waals surface area contributed by atoms with Crippen molar-refractivity contribution in [3.8, 4) is 0 Å². The Morgan fingerprint density at radius 1 is 1.16 bits per heavy atom. The number of rotatable bonds is 0. The highest BCUT2D eigenvalue weighted by atomic mass is 16.5. The van der Waals surface area contributed by atoms with Crippen molar-refractivity contribution in [1.82, 2.24) is 5.32 Å². The van der Waals surface area contributed by atoms with Crippen LogP contribution in [0, 0.1) is 40.9 Å². The second kappa shape index (κ2) is 6.92. The number of amides is 1. The number of hydrogen-bond donors (Lipinski definition) is 1. The lowest BCUT2D eigenvalue weighted by molar-refractivity contribution is -0.121. The Labute approximate surface area is 187 Å². The Balaban J connectivity index is 1.35. The first-order valence-electron chi connectivity index (χ1n) is 13.0. The molecule has 0 aromatic carbocycles. The molecule has 0 aromatic rings. The Kier molecular flexibility index (Phi) is 4.56. The van der Waals surface area contributed by atoms with Crippen LogP contribution in [0.25, 0.3) is 0 Å². The minimum atomic E-state index is -0.103. The first-order chi connectivity index (χ1) is 14.8. The zero-order valence-corrected chi connectivity index (χ0v) is 19.9. The number of allylic oxidation sites excluding steroid dienone is 1. The second-order valence-corrected chi connectivity index (χ2v) is 12.2. The Morgan fingerprint density at radius 3 is 2.84 bits per heavy atom. The summed E-state index contributed by atoms with van der Waals surface area (Å²) in [6.45, 7) is 11.5. The van der Waals surface area contributed by atoms with Gasteiger partial charge in [-0.25, -0.2) is 0 Å². The Morgan fingerprint density at radius 2 is 2.00 bits per heavy atom. The molecular formula is C27H40N2O2. The minimum absolute atomic E-state index is 0.103. The summed E-state index contributed by atoms with van der Waals surface area (Å²) in [7, 11) is 0. The van der Waals surface area contributed by atoms with Gasteiger partial charge in [0.25, 0.3) is 0 Å². The predicted molar refractivity (Wildman–Crippen MR) is 123 cm³/mol. The molecule has 31 heavy (non-hydrogen) atoms. The summed E-state index contributed by atoms with van der Waals surface area (Å²) in [4.78, 5) is 17.2. The molecule has 6 aliphatic rings. The van der Waals surface area contributed by atoms with E-state index in [1.807, 2.05) is 0 Å². The standard InChI is InChI=1S/C27H40N2O2/c1-15-11-23-25(29-13-15)17(3)27(31-23)10-7-19-20-6-5-18-14-28-24(30)8-9-26(18,4)22(20)12-21(19)16(27)2/h15,17-20,22-23H,5-14H2,1-4H3,(H,28,30)/t15-,17+,18+,19-,20-,22-,23+,26-,27-/m0/s1. The van der Waals surface area contributed by atoms with Crippen LogP contribution < -0.4 is 5.32 Å². The molecule has 0 radical (unpaired) electrons. The van der Waals surface area contributed by atoms with E-state index in [9.17, 15) is 4.79 Å². The third kappa shape index (κ3) is 2.75. The van der Waals surface area contributed by atoms with Gasteiger partial charge in [-0.05, 0) is 92.4 Å². The van der Waals surface area contributed by atoms with Crippen LogP contribution in [0.15, 0.2) is 16.1 Å². The first kappa shape index (κ1) is 20.4. The highest BCUT2D eigenvalue weighted by Crippen LogP contribution is 2.64. The van der Waals surface area contributed by atoms with Crippen molar-refractivity contribution in [3.63, 3.8) is 0 Å². The highest BCUT2D eigenvalue weighted by molar-refractivity contribution is 5.94. The molecule has 0 aromatic heterocycles. The molecule has 0 unspecified atom stereocenters. The molecule has 2 saturated carbocycles. The molecule has 6 rings (SSSR count). The van der Waals surface area contributed by atoms with Crippen LogP contribution >= 0.6 is 0 Å². The summed E-state index contributed by atoms with van der Waals surface area (Å²) in [6.07, 6.45) is 9.49. The smallest absolute Gasteiger partial charge is 0.220 e. The topological polar surface area (TPSA) is 50.7 Å². The maximum Gasteiger partial charge on any atom is 0.220 e. The number of aliphatic imine (C=N–C) groups is 1. The van der Waals surface area contributed by atoms with Crippen LogP contribution in [0.1, 0.15) is 79.1 Å². The number of fused-ring (bicyclic) bond motifs is 6. The number of carbonyl (C=O) groups excluding carboxylic acids is 1. The summed E-state index contributed by atoms with van der Waals surface area (Å²) in [6, 6.07) is 0. The molecule has 170 valence electrons. The summed E-state index contributed by atoms with van der Waals surface area (Å²) < 4.78 is 6.97. The molecule has 1 N–H and O–H groups in total. The van der Waals surface area contributed by atoms with Gasteiger partial charge in [0.05, 0.1) is 11.7 Å². The van der Waals surface area contributed by atoms with Crippen LogP contribution in [0.5, 0.6) is 0 Å². The van der Waals surface area contributed by atoms with Crippen molar-refractivity contribution >= 4 is 11.6 Å². The minimum Gasteiger partial charge on any atom is -0.361 e. The maximum absolute atomic E-state index is 12.2. The molecule has 0 bridgehead atoms. The Hall–Kier alpha value is -1.16. The lowest BCUT2D eigenvalue weighted by Crippen LogP contribution is -2.45. The number of ether oxygens (including phenoxy) is 1. The number of carbonyl (C=O) groups is 1. The fourth-order valence-corrected chi connectivity index (χ4v) is 9.04. The normalized spacial score (nSPS) is 51.4. The number of nitrogens with zero attached hydrogens (tertiary/aromatic N) is 1. The fraction of sp³-hybridized carbons (Fsp3) is 0.852. The van der Waals surface area contributed by atoms with Gasteiger partial charge in [-0.1, -0.05) is 26.3 Å². The van der Waals surface area contributed by atoms with Crippen LogP contribution in [-0.4, -0.2) is 36.4 Å². The van der Waals surface area contributed by atoms with Gasteiger partial charge in [0.15, 0.2) is 0 Å². The van der Waals surface area contributed by atoms with Gasteiger partial charge >= 0.3 is 0 Å². The summed E-state index contributed by atoms with van der Waals surface area (Å²) >= 11 is 0. The van der Waals surface area contributed by atoms with E-state index in [0.29, 0.717) is 29.6 Å². The van der Waals surface area contributed by atoms with Gasteiger partial charge in [-0.2, -0.15) is 0 Å². The maximum atomic E-state index is 12.2. The van der Waals surface area contributed by atoms with Crippen molar-refractivity contribution in [2.75, 3.05) is 13.1 Å². The molecular weight excluding hydrogens is 384 g/mol. The summed E-state index contributed by atoms with van der Waals surface area (Å²) in [5, 5.41) is 3.21. The zero-order valence-electron chi connectivity index (χ0n) is 19.9. The van der Waals surface area contributed by atoms with Crippen molar-refractivity contribution in [3.05, 3.63) is 11.1 Å². The molecule has 3 aliphatic carbocycles. The fourth-order valence-electron chi connectivity index (χ4n) is 9.04. The average molecular weight is 425 g/mol. The molecule has 4 heteroatoms. The molecule has 3 heterocycles. The van der Waals surface area contributed by atoms with Crippen LogP contribution in [0.2, 0.25) is 0 Å². The molecule has 4 nitrogen and oxygen atoms in total. The van der Waals surface area contributed by atoms with Crippen molar-refractivity contribution in [1.29, 1.82) is 0 Å². The second-order valence-electron chi connectivity index (χ2n) is 12.2. The summed E-state index contributed by atoms with van der Waals surface area (Å²) in [5.41, 5.74) is 4.86. The van der Waals surface area contributed by atoms with Crippen LogP contribution in [0.4, 0.5) is 0 Å². The molecule has 1 amide bonds. The third-order valence-electron chi connectivity index (χ3n) is 11.0. The van der Waals surface area contributed by atoms with Gasteiger partial charge in [0.2, 0.25) is 5.91 Å². The number of hydrogen-bond acceptors (Lipinski definition) is 3. The van der Waals surface area contributed by atoms with Gasteiger partial charge in [-0.3, -0.25) is 9.79 Å². The molecule has 3 aliphatic heterocycles. The lowest BCUT2D eigenvalue weighted by Gasteiger charge is -2.49. The Bertz CT molecular complexity index is 861. The van der Waals surface area contributed by atoms with Crippen molar-refractivity contribution in [2.45, 2.75) is 90.8 Å². The molecule has 4 fully saturated rings. The molecule has 1 spiro atoms. The highest BCUT2D eigenvalue weighted by Gasteiger charge is 2.60. The van der Waals surface area contributed by atoms with Gasteiger partial charge in [-0.15, -0.1) is 0 Å². The predicted octanol–water partition coefficient (Wildman–Crippen LogP) is 4.93. The van der Waals surface area contributed by atoms with Gasteiger partial charge < -0.3 is 10.1 Å². The third-order valence-corrected chi connectivity index (χ3v) is 11.0. The van der Waals surface area contributed by atoms with Crippen molar-refractivity contribution < 1.29 is 9.53 Å². The monoisotopic (exact) mass is 424 g/mol. The number of nitrogens with one attached hydrogen (secondary N) is 1. The van der Waals surface area contributed by atoms with Crippen molar-refractivity contribution in [2.24, 2.45) is 45.9 Å². The van der Waals surface area contributed by atoms with E-state index < -0.39 is 0 Å². The lowest BCUT2D eigenvalue weighted by atomic mass is 9.55. The van der Waals surface area contributed by atoms with E-state index in [-0.39, 0.29) is 17.6 Å². The molecule has 9 atom stereocenters. The van der Waals surface area contributed by atoms with Crippen LogP contribution in [-0.2, 0) is 9.53 Å². The zero-order chi connectivity index (χ0) is 21.5. The van der Waals surface area contributed by atoms with E-state index in [2.05, 4.69) is 33.0 Å². The SMILES string of the molecule is CC1=C2C[C@H]3[C@@H](CC[C@@H]4CNC(=O)CC[C@@]43C)[C@@H]2CC[C@]12O[C@@H]1C[C@H](C)CN=C1[C@H]2C. The van der Waals surface area contributed by atoms with Gasteiger partial charge in [0, 0.05) is 31.1 Å². The van der Waals surface area contributed by atoms with Gasteiger partial charge in [0.1, 0.15) is 0 Å². The van der Waals surface area contributed by atoms with E-state index >= 15 is 0 Å².